The molecule has 0 radical (unpaired) electrons. The van der Waals surface area contributed by atoms with Gasteiger partial charge < -0.3 is 78.0 Å². The fourth-order valence-corrected chi connectivity index (χ4v) is 4.89. The highest BCUT2D eigenvalue weighted by Crippen LogP contribution is 2.42. The predicted octanol–water partition coefficient (Wildman–Crippen LogP) is -1.06. The van der Waals surface area contributed by atoms with E-state index in [0.717, 1.165) is 0 Å². The van der Waals surface area contributed by atoms with Crippen molar-refractivity contribution in [3.05, 3.63) is 29.8 Å². The van der Waals surface area contributed by atoms with Gasteiger partial charge in [0.25, 0.3) is 0 Å². The van der Waals surface area contributed by atoms with E-state index in [1.165, 1.54) is 59.8 Å². The molecule has 2 heterocycles. The van der Waals surface area contributed by atoms with Gasteiger partial charge in [0, 0.05) is 12.1 Å². The number of aliphatic hydroxyl groups is 5. The monoisotopic (exact) mass is 658 g/mol. The molecule has 0 bridgehead atoms. The Balaban J connectivity index is 1.50. The van der Waals surface area contributed by atoms with E-state index in [1.54, 1.807) is 0 Å². The molecule has 0 amide bonds. The summed E-state index contributed by atoms with van der Waals surface area (Å²) in [6.45, 7) is -2.02. The number of phenolic OH excluding ortho intramolecular Hbond substituents is 1. The summed E-state index contributed by atoms with van der Waals surface area (Å²) in [5, 5.41) is 63.3. The SMILES string of the molecule is COc1cc(C(=O)OC[C@]2(O)CO[C@@H](O[C@H]3[C@H](Oc4cc(OC)c(OC)c(OC)c4)O[C@H](CO)[C@@H](O)[C@@H]3O)[C@@H]2O)cc(OC)c1O. The number of rotatable bonds is 13. The molecule has 8 atom stereocenters. The maximum Gasteiger partial charge on any atom is 0.338 e. The first-order valence-corrected chi connectivity index (χ1v) is 13.8. The van der Waals surface area contributed by atoms with E-state index in [-0.39, 0.29) is 45.8 Å². The van der Waals surface area contributed by atoms with Crippen LogP contribution in [-0.2, 0) is 18.9 Å². The minimum atomic E-state index is -2.18. The van der Waals surface area contributed by atoms with Crippen LogP contribution in [-0.4, -0.2) is 141 Å². The molecule has 6 N–H and O–H groups in total. The lowest BCUT2D eigenvalue weighted by atomic mass is 9.98. The molecule has 2 fully saturated rings. The van der Waals surface area contributed by atoms with Gasteiger partial charge in [-0.15, -0.1) is 0 Å². The van der Waals surface area contributed by atoms with Crippen molar-refractivity contribution in [1.29, 1.82) is 0 Å². The molecular weight excluding hydrogens is 620 g/mol. The molecule has 256 valence electrons. The van der Waals surface area contributed by atoms with E-state index in [1.807, 2.05) is 0 Å². The van der Waals surface area contributed by atoms with Crippen LogP contribution in [0.25, 0.3) is 0 Å². The molecule has 0 unspecified atom stereocenters. The number of hydrogen-bond acceptors (Lipinski definition) is 17. The lowest BCUT2D eigenvalue weighted by molar-refractivity contribution is -0.318. The van der Waals surface area contributed by atoms with Gasteiger partial charge in [-0.1, -0.05) is 0 Å². The number of aliphatic hydroxyl groups excluding tert-OH is 4. The lowest BCUT2D eigenvalue weighted by Gasteiger charge is -2.42. The normalized spacial score (nSPS) is 29.1. The summed E-state index contributed by atoms with van der Waals surface area (Å²) in [5.74, 6) is -0.608. The molecule has 2 aliphatic heterocycles. The molecule has 46 heavy (non-hydrogen) atoms. The number of benzene rings is 2. The van der Waals surface area contributed by atoms with Crippen LogP contribution in [0.3, 0.4) is 0 Å². The zero-order chi connectivity index (χ0) is 33.8. The molecule has 2 saturated heterocycles. The standard InChI is InChI=1S/C29H38O17/c1-37-15-6-13(7-16(38-2)20(15)31)26(35)42-11-29(36)12-43-28(25(29)34)46-24-22(33)21(32)19(10-30)45-27(24)44-14-8-17(39-3)23(41-5)18(9-14)40-4/h6-9,19,21-22,24-25,27-28,30-34,36H,10-12H2,1-5H3/t19-,21-,22+,24-,25+,27-,28+,29+/m1/s1. The lowest BCUT2D eigenvalue weighted by Crippen LogP contribution is -2.62. The van der Waals surface area contributed by atoms with Crippen LogP contribution < -0.4 is 28.4 Å². The first-order chi connectivity index (χ1) is 21.9. The van der Waals surface area contributed by atoms with Gasteiger partial charge in [-0.25, -0.2) is 4.79 Å². The number of hydrogen-bond donors (Lipinski definition) is 6. The Morgan fingerprint density at radius 2 is 1.46 bits per heavy atom. The molecule has 0 saturated carbocycles. The predicted molar refractivity (Wildman–Crippen MR) is 152 cm³/mol. The third kappa shape index (κ3) is 6.96. The average Bonchev–Trinajstić information content (AvgIpc) is 3.35. The molecule has 0 aromatic heterocycles. The van der Waals surface area contributed by atoms with Gasteiger partial charge in [-0.3, -0.25) is 0 Å². The van der Waals surface area contributed by atoms with E-state index >= 15 is 0 Å². The maximum atomic E-state index is 12.8. The van der Waals surface area contributed by atoms with Crippen molar-refractivity contribution >= 4 is 5.97 Å². The van der Waals surface area contributed by atoms with Crippen molar-refractivity contribution < 1.29 is 82.8 Å². The van der Waals surface area contributed by atoms with E-state index in [4.69, 9.17) is 47.4 Å². The number of phenols is 1. The van der Waals surface area contributed by atoms with Crippen molar-refractivity contribution in [3.8, 4) is 40.2 Å². The molecule has 0 spiro atoms. The Hall–Kier alpha value is -3.81. The highest BCUT2D eigenvalue weighted by molar-refractivity contribution is 5.91. The summed E-state index contributed by atoms with van der Waals surface area (Å²) in [4.78, 5) is 12.8. The highest BCUT2D eigenvalue weighted by atomic mass is 16.8. The van der Waals surface area contributed by atoms with Gasteiger partial charge in [-0.05, 0) is 12.1 Å². The molecule has 2 aromatic carbocycles. The summed E-state index contributed by atoms with van der Waals surface area (Å²) in [6.07, 6.45) is -11.2. The van der Waals surface area contributed by atoms with Crippen LogP contribution in [0.15, 0.2) is 24.3 Å². The molecular formula is C29H38O17. The quantitative estimate of drug-likeness (QED) is 0.141. The van der Waals surface area contributed by atoms with Gasteiger partial charge in [0.2, 0.25) is 17.8 Å². The third-order valence-electron chi connectivity index (χ3n) is 7.48. The van der Waals surface area contributed by atoms with E-state index in [2.05, 4.69) is 0 Å². The van der Waals surface area contributed by atoms with E-state index in [9.17, 15) is 35.4 Å². The largest absolute Gasteiger partial charge is 0.502 e. The van der Waals surface area contributed by atoms with Crippen LogP contribution in [0, 0.1) is 0 Å². The van der Waals surface area contributed by atoms with Crippen LogP contribution in [0.2, 0.25) is 0 Å². The zero-order valence-corrected chi connectivity index (χ0v) is 25.6. The molecule has 4 rings (SSSR count). The summed E-state index contributed by atoms with van der Waals surface area (Å²) < 4.78 is 54.1. The third-order valence-corrected chi connectivity index (χ3v) is 7.48. The van der Waals surface area contributed by atoms with Crippen LogP contribution in [0.4, 0.5) is 0 Å². The first kappa shape index (κ1) is 35.1. The fourth-order valence-electron chi connectivity index (χ4n) is 4.89. The summed E-state index contributed by atoms with van der Waals surface area (Å²) >= 11 is 0. The van der Waals surface area contributed by atoms with Crippen molar-refractivity contribution in [2.75, 3.05) is 55.4 Å². The maximum absolute atomic E-state index is 12.8. The second kappa shape index (κ2) is 14.7. The van der Waals surface area contributed by atoms with Crippen molar-refractivity contribution in [3.63, 3.8) is 0 Å². The minimum Gasteiger partial charge on any atom is -0.502 e. The molecule has 17 nitrogen and oxygen atoms in total. The number of esters is 1. The molecule has 2 aliphatic rings. The number of ether oxygens (including phenoxy) is 10. The van der Waals surface area contributed by atoms with Crippen molar-refractivity contribution in [1.82, 2.24) is 0 Å². The van der Waals surface area contributed by atoms with Gasteiger partial charge >= 0.3 is 5.97 Å². The Bertz CT molecular complexity index is 1300. The fraction of sp³-hybridized carbons (Fsp3) is 0.552. The van der Waals surface area contributed by atoms with Crippen LogP contribution in [0.5, 0.6) is 40.2 Å². The van der Waals surface area contributed by atoms with Gasteiger partial charge in [0.15, 0.2) is 41.0 Å². The van der Waals surface area contributed by atoms with Crippen molar-refractivity contribution in [2.24, 2.45) is 0 Å². The number of methoxy groups -OCH3 is 5. The van der Waals surface area contributed by atoms with E-state index in [0.29, 0.717) is 0 Å². The smallest absolute Gasteiger partial charge is 0.338 e. The molecule has 2 aromatic rings. The van der Waals surface area contributed by atoms with Crippen LogP contribution in [0.1, 0.15) is 10.4 Å². The summed E-state index contributed by atoms with van der Waals surface area (Å²) in [7, 11) is 6.74. The van der Waals surface area contributed by atoms with Gasteiger partial charge in [0.05, 0.1) is 54.3 Å². The molecule has 17 heteroatoms. The number of aromatic hydroxyl groups is 1. The summed E-state index contributed by atoms with van der Waals surface area (Å²) in [6, 6.07) is 5.25. The van der Waals surface area contributed by atoms with Crippen molar-refractivity contribution in [2.45, 2.75) is 48.7 Å². The van der Waals surface area contributed by atoms with Gasteiger partial charge in [0.1, 0.15) is 36.8 Å². The Morgan fingerprint density at radius 3 is 1.98 bits per heavy atom. The molecule has 0 aliphatic carbocycles. The topological polar surface area (TPSA) is 231 Å². The second-order valence-electron chi connectivity index (χ2n) is 10.3. The minimum absolute atomic E-state index is 0.0649. The van der Waals surface area contributed by atoms with Gasteiger partial charge in [-0.2, -0.15) is 0 Å². The average molecular weight is 659 g/mol. The number of carbonyl (C=O) groups excluding carboxylic acids is 1. The second-order valence-corrected chi connectivity index (χ2v) is 10.3. The number of carbonyl (C=O) groups is 1. The first-order valence-electron chi connectivity index (χ1n) is 13.8. The summed E-state index contributed by atoms with van der Waals surface area (Å²) in [5.41, 5.74) is -2.26. The Labute approximate surface area is 263 Å². The highest BCUT2D eigenvalue weighted by Gasteiger charge is 2.54. The van der Waals surface area contributed by atoms with E-state index < -0.39 is 74.5 Å². The Morgan fingerprint density at radius 1 is 0.870 bits per heavy atom. The zero-order valence-electron chi connectivity index (χ0n) is 25.6. The Kier molecular flexibility index (Phi) is 11.2. The van der Waals surface area contributed by atoms with Crippen LogP contribution >= 0.6 is 0 Å².